The van der Waals surface area contributed by atoms with Crippen molar-refractivity contribution in [1.29, 1.82) is 0 Å². The first-order valence-electron chi connectivity index (χ1n) is 10.5. The van der Waals surface area contributed by atoms with Gasteiger partial charge in [-0.3, -0.25) is 4.79 Å². The Hall–Kier alpha value is -2.37. The van der Waals surface area contributed by atoms with Crippen LogP contribution in [0.15, 0.2) is 54.6 Å². The van der Waals surface area contributed by atoms with Crippen LogP contribution in [0.25, 0.3) is 0 Å². The highest BCUT2D eigenvalue weighted by atomic mass is 35.5. The van der Waals surface area contributed by atoms with Crippen LogP contribution in [0.4, 0.5) is 0 Å². The fourth-order valence-electron chi connectivity index (χ4n) is 3.59. The third-order valence-corrected chi connectivity index (χ3v) is 5.31. The van der Waals surface area contributed by atoms with Crippen molar-refractivity contribution >= 4 is 24.3 Å². The van der Waals surface area contributed by atoms with E-state index in [0.29, 0.717) is 6.54 Å². The monoisotopic (exact) mass is 430 g/mol. The molecule has 1 saturated heterocycles. The molecule has 1 amide bonds. The van der Waals surface area contributed by atoms with Gasteiger partial charge in [-0.1, -0.05) is 54.6 Å². The van der Waals surface area contributed by atoms with Gasteiger partial charge in [0.25, 0.3) is 5.91 Å². The zero-order chi connectivity index (χ0) is 20.3. The molecule has 0 bridgehead atoms. The molecular weight excluding hydrogens is 400 g/mol. The summed E-state index contributed by atoms with van der Waals surface area (Å²) >= 11 is 0. The first kappa shape index (κ1) is 23.9. The van der Waals surface area contributed by atoms with Crippen LogP contribution in [0.2, 0.25) is 0 Å². The molecule has 2 aromatic rings. The normalized spacial score (nSPS) is 15.7. The summed E-state index contributed by atoms with van der Waals surface area (Å²) in [6, 6.07) is 18.6. The number of unbranched alkanes of at least 4 members (excludes halogenated alkanes) is 1. The minimum absolute atomic E-state index is 0. The van der Waals surface area contributed by atoms with Crippen LogP contribution in [0, 0.1) is 5.92 Å². The van der Waals surface area contributed by atoms with Gasteiger partial charge in [0.2, 0.25) is 0 Å². The fraction of sp³-hybridized carbons (Fsp3) is 0.417. The molecule has 5 nitrogen and oxygen atoms in total. The van der Waals surface area contributed by atoms with E-state index in [4.69, 9.17) is 4.84 Å². The lowest BCUT2D eigenvalue weighted by Crippen LogP contribution is -2.38. The number of rotatable bonds is 8. The number of halogens is 1. The van der Waals surface area contributed by atoms with E-state index < -0.39 is 0 Å². The highest BCUT2D eigenvalue weighted by Gasteiger charge is 2.23. The molecule has 162 valence electrons. The number of aryl methyl sites for hydroxylation is 2. The lowest BCUT2D eigenvalue weighted by atomic mass is 10.0. The Morgan fingerprint density at radius 2 is 1.57 bits per heavy atom. The van der Waals surface area contributed by atoms with E-state index in [9.17, 15) is 9.59 Å². The lowest BCUT2D eigenvalue weighted by Gasteiger charge is -2.20. The van der Waals surface area contributed by atoms with Crippen LogP contribution in [-0.4, -0.2) is 25.0 Å². The van der Waals surface area contributed by atoms with E-state index in [1.807, 2.05) is 18.2 Å². The SMILES string of the molecule is Cl.O=C(Cc1ccc(CCCCc2ccccc2)cc1)NOC(=O)C1CCCNC1. The smallest absolute Gasteiger partial charge is 0.336 e. The zero-order valence-electron chi connectivity index (χ0n) is 17.3. The minimum Gasteiger partial charge on any atom is -0.340 e. The number of carbonyl (C=O) groups is 2. The zero-order valence-corrected chi connectivity index (χ0v) is 18.1. The molecule has 6 heteroatoms. The average molecular weight is 431 g/mol. The van der Waals surface area contributed by atoms with Gasteiger partial charge in [-0.2, -0.15) is 5.48 Å². The molecule has 1 unspecified atom stereocenters. The van der Waals surface area contributed by atoms with Gasteiger partial charge in [0.05, 0.1) is 12.3 Å². The van der Waals surface area contributed by atoms with Crippen LogP contribution in [0.3, 0.4) is 0 Å². The molecule has 1 aliphatic rings. The second-order valence-corrected chi connectivity index (χ2v) is 7.68. The summed E-state index contributed by atoms with van der Waals surface area (Å²) in [7, 11) is 0. The minimum atomic E-state index is -0.364. The number of hydrogen-bond donors (Lipinski definition) is 2. The van der Waals surface area contributed by atoms with Crippen LogP contribution >= 0.6 is 12.4 Å². The molecule has 0 aromatic heterocycles. The van der Waals surface area contributed by atoms with Gasteiger partial charge in [0.1, 0.15) is 0 Å². The molecule has 0 radical (unpaired) electrons. The Bertz CT molecular complexity index is 775. The molecule has 30 heavy (non-hydrogen) atoms. The van der Waals surface area contributed by atoms with Gasteiger partial charge in [-0.25, -0.2) is 4.79 Å². The number of hydrogen-bond acceptors (Lipinski definition) is 4. The van der Waals surface area contributed by atoms with Crippen molar-refractivity contribution in [3.05, 3.63) is 71.3 Å². The molecule has 2 aromatic carbocycles. The van der Waals surface area contributed by atoms with Crippen molar-refractivity contribution < 1.29 is 14.4 Å². The van der Waals surface area contributed by atoms with Crippen LogP contribution in [0.1, 0.15) is 42.4 Å². The maximum atomic E-state index is 12.0. The Morgan fingerprint density at radius 1 is 0.933 bits per heavy atom. The van der Waals surface area contributed by atoms with Gasteiger partial charge in [-0.15, -0.1) is 12.4 Å². The largest absolute Gasteiger partial charge is 0.340 e. The quantitative estimate of drug-likeness (QED) is 0.494. The Balaban J connectivity index is 0.00000320. The standard InChI is InChI=1S/C24H30N2O3.ClH/c27-23(26-29-24(28)22-11-6-16-25-18-22)17-21-14-12-20(13-15-21)10-5-4-9-19-7-2-1-3-8-19;/h1-3,7-8,12-15,22,25H,4-6,9-11,16-18H2,(H,26,27);1H. The van der Waals surface area contributed by atoms with Gasteiger partial charge >= 0.3 is 5.97 Å². The van der Waals surface area contributed by atoms with Crippen molar-refractivity contribution in [1.82, 2.24) is 10.8 Å². The number of nitrogens with one attached hydrogen (secondary N) is 2. The van der Waals surface area contributed by atoms with Gasteiger partial charge in [0, 0.05) is 6.54 Å². The third kappa shape index (κ3) is 8.17. The molecule has 1 aliphatic heterocycles. The summed E-state index contributed by atoms with van der Waals surface area (Å²) in [5.41, 5.74) is 5.85. The predicted molar refractivity (Wildman–Crippen MR) is 120 cm³/mol. The Labute approximate surface area is 185 Å². The second kappa shape index (κ2) is 13.0. The first-order valence-corrected chi connectivity index (χ1v) is 10.5. The summed E-state index contributed by atoms with van der Waals surface area (Å²) < 4.78 is 0. The molecule has 1 fully saturated rings. The molecule has 0 aliphatic carbocycles. The van der Waals surface area contributed by atoms with E-state index in [1.165, 1.54) is 11.1 Å². The number of carbonyl (C=O) groups excluding carboxylic acids is 2. The molecule has 2 N–H and O–H groups in total. The number of piperidine rings is 1. The number of amides is 1. The van der Waals surface area contributed by atoms with Crippen LogP contribution < -0.4 is 10.8 Å². The van der Waals surface area contributed by atoms with Crippen LogP contribution in [-0.2, 0) is 33.7 Å². The van der Waals surface area contributed by atoms with E-state index in [0.717, 1.165) is 50.6 Å². The molecular formula is C24H31ClN2O3. The van der Waals surface area contributed by atoms with Crippen LogP contribution in [0.5, 0.6) is 0 Å². The third-order valence-electron chi connectivity index (χ3n) is 5.31. The van der Waals surface area contributed by atoms with E-state index in [-0.39, 0.29) is 36.6 Å². The molecule has 0 saturated carbocycles. The number of benzene rings is 2. The molecule has 0 spiro atoms. The maximum absolute atomic E-state index is 12.0. The van der Waals surface area contributed by atoms with Crippen molar-refractivity contribution in [3.63, 3.8) is 0 Å². The van der Waals surface area contributed by atoms with Gasteiger partial charge < -0.3 is 10.2 Å². The summed E-state index contributed by atoms with van der Waals surface area (Å²) in [5, 5.41) is 3.16. The van der Waals surface area contributed by atoms with Crippen molar-refractivity contribution in [2.24, 2.45) is 5.92 Å². The highest BCUT2D eigenvalue weighted by molar-refractivity contribution is 5.85. The first-order chi connectivity index (χ1) is 14.2. The molecule has 3 rings (SSSR count). The summed E-state index contributed by atoms with van der Waals surface area (Å²) in [6.45, 7) is 1.54. The average Bonchev–Trinajstić information content (AvgIpc) is 2.77. The van der Waals surface area contributed by atoms with Crippen molar-refractivity contribution in [2.75, 3.05) is 13.1 Å². The Morgan fingerprint density at radius 3 is 2.20 bits per heavy atom. The van der Waals surface area contributed by atoms with E-state index in [1.54, 1.807) is 0 Å². The second-order valence-electron chi connectivity index (χ2n) is 7.68. The number of hydroxylamine groups is 1. The van der Waals surface area contributed by atoms with Crippen molar-refractivity contribution in [2.45, 2.75) is 44.9 Å². The maximum Gasteiger partial charge on any atom is 0.336 e. The summed E-state index contributed by atoms with van der Waals surface area (Å²) in [5.74, 6) is -0.848. The molecule has 1 atom stereocenters. The van der Waals surface area contributed by atoms with E-state index >= 15 is 0 Å². The molecule has 1 heterocycles. The van der Waals surface area contributed by atoms with Gasteiger partial charge in [0.15, 0.2) is 0 Å². The summed E-state index contributed by atoms with van der Waals surface area (Å²) in [6.07, 6.45) is 6.39. The predicted octanol–water partition coefficient (Wildman–Crippen LogP) is 3.79. The van der Waals surface area contributed by atoms with Crippen molar-refractivity contribution in [3.8, 4) is 0 Å². The van der Waals surface area contributed by atoms with E-state index in [2.05, 4.69) is 47.2 Å². The summed E-state index contributed by atoms with van der Waals surface area (Å²) in [4.78, 5) is 28.9. The lowest BCUT2D eigenvalue weighted by molar-refractivity contribution is -0.162. The fourth-order valence-corrected chi connectivity index (χ4v) is 3.59. The van der Waals surface area contributed by atoms with Gasteiger partial charge in [-0.05, 0) is 61.8 Å². The Kier molecular flexibility index (Phi) is 10.4. The highest BCUT2D eigenvalue weighted by Crippen LogP contribution is 2.12. The topological polar surface area (TPSA) is 67.4 Å².